The van der Waals surface area contributed by atoms with Gasteiger partial charge in [0.2, 0.25) is 0 Å². The number of aromatic nitrogens is 2. The van der Waals surface area contributed by atoms with Crippen LogP contribution in [0, 0.1) is 0 Å². The monoisotopic (exact) mass is 395 g/mol. The maximum absolute atomic E-state index is 11.3. The largest absolute Gasteiger partial charge is 0.323 e. The minimum absolute atomic E-state index is 0.212. The molecule has 0 amide bonds. The number of imidazole rings is 1. The van der Waals surface area contributed by atoms with E-state index in [-0.39, 0.29) is 11.7 Å². The van der Waals surface area contributed by atoms with Crippen molar-refractivity contribution in [3.8, 4) is 0 Å². The van der Waals surface area contributed by atoms with Gasteiger partial charge in [0.15, 0.2) is 0 Å². The third-order valence-corrected chi connectivity index (χ3v) is 4.06. The van der Waals surface area contributed by atoms with Crippen molar-refractivity contribution in [2.75, 3.05) is 0 Å². The third-order valence-electron chi connectivity index (χ3n) is 3.14. The first-order valence-corrected chi connectivity index (χ1v) is 7.55. The highest BCUT2D eigenvalue weighted by atomic mass is 79.9. The van der Waals surface area contributed by atoms with Gasteiger partial charge < -0.3 is 15.7 Å². The fourth-order valence-corrected chi connectivity index (χ4v) is 3.52. The van der Waals surface area contributed by atoms with E-state index in [2.05, 4.69) is 41.8 Å². The minimum Gasteiger partial charge on any atom is -0.320 e. The molecule has 0 aliphatic heterocycles. The Bertz CT molecular complexity index is 818. The summed E-state index contributed by atoms with van der Waals surface area (Å²) in [5, 5.41) is 0. The highest BCUT2D eigenvalue weighted by molar-refractivity contribution is 9.11. The smallest absolute Gasteiger partial charge is 0.320 e. The molecule has 0 saturated heterocycles. The number of rotatable bonds is 2. The van der Waals surface area contributed by atoms with Crippen molar-refractivity contribution in [3.05, 3.63) is 67.0 Å². The molecule has 2 aromatic carbocycles. The van der Waals surface area contributed by atoms with Gasteiger partial charge in [-0.1, -0.05) is 37.9 Å². The van der Waals surface area contributed by atoms with Gasteiger partial charge >= 0.3 is 5.69 Å². The number of aromatic amines is 2. The lowest BCUT2D eigenvalue weighted by Gasteiger charge is -2.13. The number of benzene rings is 2. The van der Waals surface area contributed by atoms with E-state index < -0.39 is 0 Å². The summed E-state index contributed by atoms with van der Waals surface area (Å²) in [7, 11) is 0. The van der Waals surface area contributed by atoms with Crippen LogP contribution in [-0.4, -0.2) is 9.97 Å². The quantitative estimate of drug-likeness (QED) is 0.620. The second kappa shape index (κ2) is 5.20. The summed E-state index contributed by atoms with van der Waals surface area (Å²) in [6.07, 6.45) is 0. The van der Waals surface area contributed by atoms with Crippen LogP contribution in [0.3, 0.4) is 0 Å². The topological polar surface area (TPSA) is 74.7 Å². The molecule has 4 nitrogen and oxygen atoms in total. The molecule has 4 N–H and O–H groups in total. The van der Waals surface area contributed by atoms with E-state index in [4.69, 9.17) is 5.73 Å². The van der Waals surface area contributed by atoms with Crippen LogP contribution < -0.4 is 11.4 Å². The predicted octanol–water partition coefficient (Wildman–Crippen LogP) is 3.43. The van der Waals surface area contributed by atoms with Crippen LogP contribution in [0.1, 0.15) is 17.2 Å². The first-order valence-electron chi connectivity index (χ1n) is 5.96. The van der Waals surface area contributed by atoms with Gasteiger partial charge in [0.05, 0.1) is 17.1 Å². The van der Waals surface area contributed by atoms with Crippen LogP contribution in [0.5, 0.6) is 0 Å². The average Bonchev–Trinajstić information content (AvgIpc) is 2.75. The van der Waals surface area contributed by atoms with E-state index in [9.17, 15) is 4.79 Å². The standard InChI is InChI=1S/C14H11Br2N3O/c15-9-3-8(4-10(16)6-9)13(17)7-1-2-11-12(5-7)19-14(20)18-11/h1-6,13H,17H2,(H2,18,19,20). The number of hydrogen-bond donors (Lipinski definition) is 3. The van der Waals surface area contributed by atoms with Gasteiger partial charge in [0.25, 0.3) is 0 Å². The molecule has 6 heteroatoms. The van der Waals surface area contributed by atoms with E-state index in [1.54, 1.807) is 0 Å². The Kier molecular flexibility index (Phi) is 3.54. The zero-order valence-corrected chi connectivity index (χ0v) is 13.5. The minimum atomic E-state index is -0.258. The van der Waals surface area contributed by atoms with Crippen LogP contribution in [0.4, 0.5) is 0 Å². The maximum atomic E-state index is 11.3. The van der Waals surface area contributed by atoms with Gasteiger partial charge in [-0.05, 0) is 41.5 Å². The second-order valence-electron chi connectivity index (χ2n) is 4.56. The first-order chi connectivity index (χ1) is 9.52. The lowest BCUT2D eigenvalue weighted by Crippen LogP contribution is -2.11. The highest BCUT2D eigenvalue weighted by Gasteiger charge is 2.11. The Balaban J connectivity index is 2.06. The van der Waals surface area contributed by atoms with Gasteiger partial charge in [0.1, 0.15) is 0 Å². The highest BCUT2D eigenvalue weighted by Crippen LogP contribution is 2.27. The van der Waals surface area contributed by atoms with Gasteiger partial charge in [-0.2, -0.15) is 0 Å². The lowest BCUT2D eigenvalue weighted by atomic mass is 9.99. The molecule has 1 aromatic heterocycles. The van der Waals surface area contributed by atoms with Crippen molar-refractivity contribution >= 4 is 42.9 Å². The number of H-pyrrole nitrogens is 2. The molecule has 0 aliphatic carbocycles. The molecule has 0 spiro atoms. The third kappa shape index (κ3) is 2.59. The zero-order valence-electron chi connectivity index (χ0n) is 10.3. The van der Waals surface area contributed by atoms with Crippen molar-refractivity contribution < 1.29 is 0 Å². The Hall–Kier alpha value is -1.37. The van der Waals surface area contributed by atoms with Crippen molar-refractivity contribution in [1.82, 2.24) is 9.97 Å². The Morgan fingerprint density at radius 1 is 0.900 bits per heavy atom. The summed E-state index contributed by atoms with van der Waals surface area (Å²) in [4.78, 5) is 16.7. The molecular weight excluding hydrogens is 386 g/mol. The van der Waals surface area contributed by atoms with Crippen molar-refractivity contribution in [2.45, 2.75) is 6.04 Å². The van der Waals surface area contributed by atoms with E-state index in [1.807, 2.05) is 36.4 Å². The molecule has 0 radical (unpaired) electrons. The zero-order chi connectivity index (χ0) is 14.3. The molecule has 1 heterocycles. The van der Waals surface area contributed by atoms with E-state index in [1.165, 1.54) is 0 Å². The molecule has 1 unspecified atom stereocenters. The van der Waals surface area contributed by atoms with Crippen molar-refractivity contribution in [2.24, 2.45) is 5.73 Å². The molecule has 20 heavy (non-hydrogen) atoms. The first kappa shape index (κ1) is 13.6. The Labute approximate surface area is 131 Å². The summed E-state index contributed by atoms with van der Waals surface area (Å²) < 4.78 is 1.93. The van der Waals surface area contributed by atoms with Gasteiger partial charge in [0, 0.05) is 8.95 Å². The normalized spacial score (nSPS) is 12.8. The summed E-state index contributed by atoms with van der Waals surface area (Å²) in [5.74, 6) is 0. The van der Waals surface area contributed by atoms with Gasteiger partial charge in [-0.15, -0.1) is 0 Å². The fraction of sp³-hybridized carbons (Fsp3) is 0.0714. The molecule has 3 rings (SSSR count). The summed E-state index contributed by atoms with van der Waals surface area (Å²) in [6, 6.07) is 11.3. The molecule has 3 aromatic rings. The molecule has 1 atom stereocenters. The lowest BCUT2D eigenvalue weighted by molar-refractivity contribution is 0.871. The summed E-state index contributed by atoms with van der Waals surface area (Å²) in [5.41, 5.74) is 9.57. The van der Waals surface area contributed by atoms with E-state index >= 15 is 0 Å². The average molecular weight is 397 g/mol. The van der Waals surface area contributed by atoms with Gasteiger partial charge in [-0.25, -0.2) is 4.79 Å². The van der Waals surface area contributed by atoms with Crippen LogP contribution in [0.2, 0.25) is 0 Å². The second-order valence-corrected chi connectivity index (χ2v) is 6.40. The summed E-state index contributed by atoms with van der Waals surface area (Å²) >= 11 is 6.92. The van der Waals surface area contributed by atoms with Crippen LogP contribution >= 0.6 is 31.9 Å². The van der Waals surface area contributed by atoms with Crippen molar-refractivity contribution in [3.63, 3.8) is 0 Å². The number of nitrogens with one attached hydrogen (secondary N) is 2. The molecule has 0 aliphatic rings. The van der Waals surface area contributed by atoms with Crippen molar-refractivity contribution in [1.29, 1.82) is 0 Å². The number of hydrogen-bond acceptors (Lipinski definition) is 2. The van der Waals surface area contributed by atoms with Crippen LogP contribution in [-0.2, 0) is 0 Å². The Morgan fingerprint density at radius 3 is 2.25 bits per heavy atom. The fourth-order valence-electron chi connectivity index (χ4n) is 2.19. The number of nitrogens with two attached hydrogens (primary N) is 1. The molecule has 0 saturated carbocycles. The van der Waals surface area contributed by atoms with E-state index in [0.29, 0.717) is 0 Å². The maximum Gasteiger partial charge on any atom is 0.323 e. The predicted molar refractivity (Wildman–Crippen MR) is 86.8 cm³/mol. The van der Waals surface area contributed by atoms with Crippen LogP contribution in [0.15, 0.2) is 50.1 Å². The summed E-state index contributed by atoms with van der Waals surface area (Å²) in [6.45, 7) is 0. The number of halogens is 2. The Morgan fingerprint density at radius 2 is 1.55 bits per heavy atom. The molecule has 0 fully saturated rings. The molecule has 0 bridgehead atoms. The van der Waals surface area contributed by atoms with Crippen LogP contribution in [0.25, 0.3) is 11.0 Å². The van der Waals surface area contributed by atoms with E-state index in [0.717, 1.165) is 31.1 Å². The van der Waals surface area contributed by atoms with Gasteiger partial charge in [-0.3, -0.25) is 0 Å². The molecule has 102 valence electrons. The SMILES string of the molecule is NC(c1cc(Br)cc(Br)c1)c1ccc2[nH]c(=O)[nH]c2c1. The number of fused-ring (bicyclic) bond motifs is 1. The molecular formula is C14H11Br2N3O.